The highest BCUT2D eigenvalue weighted by Crippen LogP contribution is 2.23. The van der Waals surface area contributed by atoms with Gasteiger partial charge in [0.25, 0.3) is 5.91 Å². The van der Waals surface area contributed by atoms with Crippen LogP contribution in [-0.2, 0) is 0 Å². The van der Waals surface area contributed by atoms with Crippen molar-refractivity contribution in [3.05, 3.63) is 23.8 Å². The number of nitrogens with one attached hydrogen (secondary N) is 1. The zero-order valence-electron chi connectivity index (χ0n) is 11.2. The minimum Gasteiger partial charge on any atom is -0.496 e. The van der Waals surface area contributed by atoms with E-state index in [1.165, 1.54) is 20.0 Å². The Morgan fingerprint density at radius 1 is 1.33 bits per heavy atom. The first kappa shape index (κ1) is 14.4. The predicted molar refractivity (Wildman–Crippen MR) is 73.9 cm³/mol. The van der Waals surface area contributed by atoms with E-state index in [1.807, 2.05) is 0 Å². The van der Waals surface area contributed by atoms with Crippen molar-refractivity contribution in [1.82, 2.24) is 5.32 Å². The molecule has 0 aliphatic carbocycles. The number of rotatable bonds is 7. The fourth-order valence-corrected chi connectivity index (χ4v) is 1.80. The Morgan fingerprint density at radius 2 is 2.11 bits per heavy atom. The van der Waals surface area contributed by atoms with Crippen LogP contribution >= 0.6 is 0 Å². The van der Waals surface area contributed by atoms with Crippen LogP contribution in [-0.4, -0.2) is 19.6 Å². The maximum absolute atomic E-state index is 12.0. The predicted octanol–water partition coefficient (Wildman–Crippen LogP) is 2.59. The molecule has 0 fully saturated rings. The van der Waals surface area contributed by atoms with Crippen molar-refractivity contribution in [2.24, 2.45) is 0 Å². The molecule has 18 heavy (non-hydrogen) atoms. The molecular weight excluding hydrogens is 228 g/mol. The summed E-state index contributed by atoms with van der Waals surface area (Å²) in [6.07, 6.45) is 4.52. The Morgan fingerprint density at radius 3 is 2.78 bits per heavy atom. The minimum atomic E-state index is -0.165. The molecule has 4 heteroatoms. The fraction of sp³-hybridized carbons (Fsp3) is 0.500. The van der Waals surface area contributed by atoms with Gasteiger partial charge >= 0.3 is 0 Å². The lowest BCUT2D eigenvalue weighted by molar-refractivity contribution is 0.0951. The van der Waals surface area contributed by atoms with Crippen LogP contribution in [0.25, 0.3) is 0 Å². The van der Waals surface area contributed by atoms with Gasteiger partial charge in [-0.1, -0.05) is 32.3 Å². The van der Waals surface area contributed by atoms with E-state index in [2.05, 4.69) is 12.2 Å². The summed E-state index contributed by atoms with van der Waals surface area (Å²) in [5.41, 5.74) is 6.68. The highest BCUT2D eigenvalue weighted by atomic mass is 16.5. The van der Waals surface area contributed by atoms with Gasteiger partial charge in [0.05, 0.1) is 7.11 Å². The van der Waals surface area contributed by atoms with Crippen LogP contribution in [0.3, 0.4) is 0 Å². The van der Waals surface area contributed by atoms with Gasteiger partial charge in [-0.15, -0.1) is 0 Å². The minimum absolute atomic E-state index is 0.165. The summed E-state index contributed by atoms with van der Waals surface area (Å²) in [5, 5.41) is 2.87. The number of anilines is 1. The van der Waals surface area contributed by atoms with E-state index in [4.69, 9.17) is 10.5 Å². The van der Waals surface area contributed by atoms with E-state index in [-0.39, 0.29) is 5.91 Å². The first-order chi connectivity index (χ1) is 8.70. The molecule has 0 saturated carbocycles. The summed E-state index contributed by atoms with van der Waals surface area (Å²) < 4.78 is 5.15. The molecule has 1 aromatic carbocycles. The van der Waals surface area contributed by atoms with Crippen molar-refractivity contribution in [1.29, 1.82) is 0 Å². The highest BCUT2D eigenvalue weighted by molar-refractivity contribution is 6.01. The number of carbonyl (C=O) groups excluding carboxylic acids is 1. The van der Waals surface area contributed by atoms with E-state index in [1.54, 1.807) is 18.2 Å². The highest BCUT2D eigenvalue weighted by Gasteiger charge is 2.14. The number of hydrogen-bond acceptors (Lipinski definition) is 3. The Labute approximate surface area is 109 Å². The van der Waals surface area contributed by atoms with Gasteiger partial charge in [-0.2, -0.15) is 0 Å². The number of nitrogens with two attached hydrogens (primary N) is 1. The van der Waals surface area contributed by atoms with Crippen molar-refractivity contribution in [2.75, 3.05) is 19.4 Å². The first-order valence-electron chi connectivity index (χ1n) is 6.41. The molecule has 0 unspecified atom stereocenters. The molecule has 0 radical (unpaired) electrons. The monoisotopic (exact) mass is 250 g/mol. The molecule has 1 aromatic rings. The van der Waals surface area contributed by atoms with E-state index < -0.39 is 0 Å². The molecule has 0 aromatic heterocycles. The SMILES string of the molecule is CCCCCCNC(=O)c1c(N)cccc1OC. The Bertz CT molecular complexity index is 391. The van der Waals surface area contributed by atoms with Gasteiger partial charge < -0.3 is 15.8 Å². The second-order valence-corrected chi connectivity index (χ2v) is 4.24. The number of methoxy groups -OCH3 is 1. The molecule has 0 aliphatic rings. The van der Waals surface area contributed by atoms with Crippen LogP contribution in [0.1, 0.15) is 43.0 Å². The van der Waals surface area contributed by atoms with Gasteiger partial charge in [0, 0.05) is 12.2 Å². The number of hydrogen-bond donors (Lipinski definition) is 2. The summed E-state index contributed by atoms with van der Waals surface area (Å²) in [5.74, 6) is 0.350. The average molecular weight is 250 g/mol. The lowest BCUT2D eigenvalue weighted by atomic mass is 10.1. The molecule has 4 nitrogen and oxygen atoms in total. The number of unbranched alkanes of at least 4 members (excludes halogenated alkanes) is 3. The van der Waals surface area contributed by atoms with Crippen LogP contribution in [0, 0.1) is 0 Å². The van der Waals surface area contributed by atoms with Gasteiger partial charge in [-0.05, 0) is 18.6 Å². The van der Waals surface area contributed by atoms with Gasteiger partial charge in [0.1, 0.15) is 11.3 Å². The molecule has 0 bridgehead atoms. The molecule has 1 amide bonds. The number of carbonyl (C=O) groups is 1. The van der Waals surface area contributed by atoms with Gasteiger partial charge in [-0.3, -0.25) is 4.79 Å². The van der Waals surface area contributed by atoms with Gasteiger partial charge in [0.2, 0.25) is 0 Å². The lowest BCUT2D eigenvalue weighted by Gasteiger charge is -2.11. The Hall–Kier alpha value is -1.71. The van der Waals surface area contributed by atoms with Crippen molar-refractivity contribution in [2.45, 2.75) is 32.6 Å². The maximum Gasteiger partial charge on any atom is 0.257 e. The molecule has 1 rings (SSSR count). The fourth-order valence-electron chi connectivity index (χ4n) is 1.80. The first-order valence-corrected chi connectivity index (χ1v) is 6.41. The van der Waals surface area contributed by atoms with Crippen LogP contribution in [0.4, 0.5) is 5.69 Å². The van der Waals surface area contributed by atoms with Crippen LogP contribution in [0.5, 0.6) is 5.75 Å². The topological polar surface area (TPSA) is 64.4 Å². The van der Waals surface area contributed by atoms with E-state index >= 15 is 0 Å². The molecule has 0 heterocycles. The third-order valence-electron chi connectivity index (χ3n) is 2.82. The molecule has 0 atom stereocenters. The smallest absolute Gasteiger partial charge is 0.257 e. The van der Waals surface area contributed by atoms with E-state index in [0.29, 0.717) is 23.5 Å². The lowest BCUT2D eigenvalue weighted by Crippen LogP contribution is -2.25. The zero-order chi connectivity index (χ0) is 13.4. The van der Waals surface area contributed by atoms with Crippen LogP contribution < -0.4 is 15.8 Å². The number of benzene rings is 1. The van der Waals surface area contributed by atoms with Crippen molar-refractivity contribution < 1.29 is 9.53 Å². The summed E-state index contributed by atoms with van der Waals surface area (Å²) in [6, 6.07) is 5.21. The van der Waals surface area contributed by atoms with Crippen molar-refractivity contribution >= 4 is 11.6 Å². The van der Waals surface area contributed by atoms with Crippen LogP contribution in [0.2, 0.25) is 0 Å². The summed E-state index contributed by atoms with van der Waals surface area (Å²) in [7, 11) is 1.53. The van der Waals surface area contributed by atoms with Crippen molar-refractivity contribution in [3.63, 3.8) is 0 Å². The quantitative estimate of drug-likeness (QED) is 0.577. The standard InChI is InChI=1S/C14H22N2O2/c1-3-4-5-6-10-16-14(17)13-11(15)8-7-9-12(13)18-2/h7-9H,3-6,10,15H2,1-2H3,(H,16,17). The third kappa shape index (κ3) is 3.95. The molecule has 3 N–H and O–H groups in total. The second kappa shape index (κ2) is 7.58. The summed E-state index contributed by atoms with van der Waals surface area (Å²) >= 11 is 0. The Kier molecular flexibility index (Phi) is 6.05. The summed E-state index contributed by atoms with van der Waals surface area (Å²) in [4.78, 5) is 12.0. The molecule has 100 valence electrons. The van der Waals surface area contributed by atoms with E-state index in [9.17, 15) is 4.79 Å². The van der Waals surface area contributed by atoms with Gasteiger partial charge in [-0.25, -0.2) is 0 Å². The van der Waals surface area contributed by atoms with E-state index in [0.717, 1.165) is 12.8 Å². The molecular formula is C14H22N2O2. The maximum atomic E-state index is 12.0. The van der Waals surface area contributed by atoms with Gasteiger partial charge in [0.15, 0.2) is 0 Å². The normalized spacial score (nSPS) is 10.1. The molecule has 0 saturated heterocycles. The largest absolute Gasteiger partial charge is 0.496 e. The number of amides is 1. The summed E-state index contributed by atoms with van der Waals surface area (Å²) in [6.45, 7) is 2.84. The number of nitrogen functional groups attached to an aromatic ring is 1. The molecule has 0 spiro atoms. The second-order valence-electron chi connectivity index (χ2n) is 4.24. The molecule has 0 aliphatic heterocycles. The third-order valence-corrected chi connectivity index (χ3v) is 2.82. The number of ether oxygens (including phenoxy) is 1. The zero-order valence-corrected chi connectivity index (χ0v) is 11.2. The average Bonchev–Trinajstić information content (AvgIpc) is 2.37. The Balaban J connectivity index is 2.56. The van der Waals surface area contributed by atoms with Crippen LogP contribution in [0.15, 0.2) is 18.2 Å². The van der Waals surface area contributed by atoms with Crippen molar-refractivity contribution in [3.8, 4) is 5.75 Å².